The smallest absolute Gasteiger partial charge is 0.349 e. The minimum absolute atomic E-state index is 0.112. The number of hydrogen-bond acceptors (Lipinski definition) is 3. The molecule has 25 heavy (non-hydrogen) atoms. The van der Waals surface area contributed by atoms with Gasteiger partial charge in [-0.15, -0.1) is 6.58 Å². The van der Waals surface area contributed by atoms with E-state index in [-0.39, 0.29) is 10.6 Å². The van der Waals surface area contributed by atoms with Gasteiger partial charge in [0, 0.05) is 5.39 Å². The summed E-state index contributed by atoms with van der Waals surface area (Å²) >= 11 is 12.0. The number of anilines is 1. The molecule has 0 saturated carbocycles. The zero-order valence-corrected chi connectivity index (χ0v) is 14.5. The van der Waals surface area contributed by atoms with Crippen molar-refractivity contribution >= 4 is 45.8 Å². The summed E-state index contributed by atoms with van der Waals surface area (Å²) in [7, 11) is 0. The lowest BCUT2D eigenvalue weighted by Gasteiger charge is -2.09. The van der Waals surface area contributed by atoms with Crippen molar-refractivity contribution in [2.45, 2.75) is 6.42 Å². The number of hydrogen-bond donors (Lipinski definition) is 1. The van der Waals surface area contributed by atoms with Gasteiger partial charge in [-0.05, 0) is 30.2 Å². The van der Waals surface area contributed by atoms with E-state index in [1.54, 1.807) is 30.3 Å². The highest BCUT2D eigenvalue weighted by Gasteiger charge is 2.16. The van der Waals surface area contributed by atoms with Crippen molar-refractivity contribution in [1.82, 2.24) is 0 Å². The molecule has 0 aliphatic heterocycles. The molecule has 0 saturated heterocycles. The van der Waals surface area contributed by atoms with Gasteiger partial charge in [-0.1, -0.05) is 53.5 Å². The molecule has 3 rings (SSSR count). The predicted molar refractivity (Wildman–Crippen MR) is 101 cm³/mol. The highest BCUT2D eigenvalue weighted by Crippen LogP contribution is 2.30. The number of nitrogens with one attached hydrogen (secondary N) is 1. The minimum atomic E-state index is -0.723. The van der Waals surface area contributed by atoms with Crippen molar-refractivity contribution in [1.29, 1.82) is 0 Å². The molecule has 0 bridgehead atoms. The SMILES string of the molecule is C=CCc1cccc2cc(C(=O)Nc3cccc(Cl)c3Cl)c(=O)oc12. The van der Waals surface area contributed by atoms with E-state index in [9.17, 15) is 9.59 Å². The van der Waals surface area contributed by atoms with Gasteiger partial charge in [0.25, 0.3) is 5.91 Å². The first kappa shape index (κ1) is 17.3. The molecule has 6 heteroatoms. The Hall–Kier alpha value is -2.56. The summed E-state index contributed by atoms with van der Waals surface area (Å²) in [6, 6.07) is 11.8. The van der Waals surface area contributed by atoms with E-state index in [0.717, 1.165) is 5.56 Å². The topological polar surface area (TPSA) is 59.3 Å². The van der Waals surface area contributed by atoms with E-state index in [1.165, 1.54) is 6.07 Å². The standard InChI is InChI=1S/C19H13Cl2NO3/c1-2-5-11-6-3-7-12-10-13(19(24)25-17(11)12)18(23)22-15-9-4-8-14(20)16(15)21/h2-4,6-10H,1,5H2,(H,22,23). The second-order valence-corrected chi connectivity index (χ2v) is 6.12. The molecule has 0 fully saturated rings. The monoisotopic (exact) mass is 373 g/mol. The summed E-state index contributed by atoms with van der Waals surface area (Å²) in [6.07, 6.45) is 2.28. The fourth-order valence-electron chi connectivity index (χ4n) is 2.47. The molecule has 0 radical (unpaired) electrons. The van der Waals surface area contributed by atoms with E-state index in [2.05, 4.69) is 11.9 Å². The Morgan fingerprint density at radius 3 is 2.72 bits per heavy atom. The lowest BCUT2D eigenvalue weighted by atomic mass is 10.1. The van der Waals surface area contributed by atoms with Crippen LogP contribution in [0.15, 0.2) is 64.3 Å². The van der Waals surface area contributed by atoms with E-state index in [4.69, 9.17) is 27.6 Å². The van der Waals surface area contributed by atoms with Gasteiger partial charge in [0.1, 0.15) is 11.1 Å². The number of amides is 1. The maximum atomic E-state index is 12.5. The summed E-state index contributed by atoms with van der Waals surface area (Å²) < 4.78 is 5.37. The van der Waals surface area contributed by atoms with E-state index in [0.29, 0.717) is 28.1 Å². The number of carbonyl (C=O) groups is 1. The molecule has 0 atom stereocenters. The van der Waals surface area contributed by atoms with Crippen molar-refractivity contribution in [3.63, 3.8) is 0 Å². The van der Waals surface area contributed by atoms with Crippen molar-refractivity contribution in [3.8, 4) is 0 Å². The zero-order valence-electron chi connectivity index (χ0n) is 13.0. The first-order chi connectivity index (χ1) is 12.0. The fraction of sp³-hybridized carbons (Fsp3) is 0.0526. The number of carbonyl (C=O) groups excluding carboxylic acids is 1. The fourth-order valence-corrected chi connectivity index (χ4v) is 2.82. The maximum Gasteiger partial charge on any atom is 0.349 e. The largest absolute Gasteiger partial charge is 0.422 e. The third kappa shape index (κ3) is 3.45. The van der Waals surface area contributed by atoms with Crippen LogP contribution in [0.25, 0.3) is 11.0 Å². The number of benzene rings is 2. The number of allylic oxidation sites excluding steroid dienone is 1. The molecule has 0 spiro atoms. The van der Waals surface area contributed by atoms with Gasteiger partial charge in [-0.3, -0.25) is 4.79 Å². The molecule has 1 heterocycles. The van der Waals surface area contributed by atoms with Gasteiger partial charge in [0.2, 0.25) is 0 Å². The molecule has 0 aliphatic rings. The maximum absolute atomic E-state index is 12.5. The highest BCUT2D eigenvalue weighted by molar-refractivity contribution is 6.44. The van der Waals surface area contributed by atoms with Gasteiger partial charge >= 0.3 is 5.63 Å². The molecule has 4 nitrogen and oxygen atoms in total. The van der Waals surface area contributed by atoms with E-state index < -0.39 is 11.5 Å². The summed E-state index contributed by atoms with van der Waals surface area (Å²) in [5.74, 6) is -0.617. The van der Waals surface area contributed by atoms with Gasteiger partial charge in [0.15, 0.2) is 0 Å². The van der Waals surface area contributed by atoms with Crippen LogP contribution < -0.4 is 10.9 Å². The first-order valence-corrected chi connectivity index (χ1v) is 8.19. The van der Waals surface area contributed by atoms with Crippen LogP contribution in [0.2, 0.25) is 10.0 Å². The van der Waals surface area contributed by atoms with Crippen LogP contribution in [0.3, 0.4) is 0 Å². The second kappa shape index (κ2) is 7.13. The highest BCUT2D eigenvalue weighted by atomic mass is 35.5. The van der Waals surface area contributed by atoms with Crippen LogP contribution in [0.4, 0.5) is 5.69 Å². The van der Waals surface area contributed by atoms with Crippen LogP contribution in [-0.4, -0.2) is 5.91 Å². The minimum Gasteiger partial charge on any atom is -0.422 e. The number of para-hydroxylation sites is 1. The Bertz CT molecular complexity index is 1040. The molecule has 126 valence electrons. The quantitative estimate of drug-likeness (QED) is 0.512. The predicted octanol–water partition coefficient (Wildman–Crippen LogP) is 5.08. The molecular formula is C19H13Cl2NO3. The third-order valence-electron chi connectivity index (χ3n) is 3.65. The van der Waals surface area contributed by atoms with Crippen LogP contribution >= 0.6 is 23.2 Å². The Labute approximate surface area is 153 Å². The normalized spacial score (nSPS) is 10.6. The van der Waals surface area contributed by atoms with E-state index in [1.807, 2.05) is 12.1 Å². The van der Waals surface area contributed by atoms with Gasteiger partial charge in [-0.2, -0.15) is 0 Å². The summed E-state index contributed by atoms with van der Waals surface area (Å²) in [5, 5.41) is 3.74. The number of rotatable bonds is 4. The Morgan fingerprint density at radius 2 is 1.96 bits per heavy atom. The van der Waals surface area contributed by atoms with Crippen molar-refractivity contribution in [3.05, 3.63) is 86.7 Å². The Morgan fingerprint density at radius 1 is 1.20 bits per heavy atom. The average molecular weight is 374 g/mol. The molecule has 2 aromatic carbocycles. The summed E-state index contributed by atoms with van der Waals surface area (Å²) in [5.41, 5.74) is 0.761. The van der Waals surface area contributed by atoms with Crippen LogP contribution in [-0.2, 0) is 6.42 Å². The molecule has 1 aromatic heterocycles. The molecule has 1 N–H and O–H groups in total. The van der Waals surface area contributed by atoms with Crippen LogP contribution in [0.5, 0.6) is 0 Å². The van der Waals surface area contributed by atoms with Crippen molar-refractivity contribution in [2.75, 3.05) is 5.32 Å². The van der Waals surface area contributed by atoms with Gasteiger partial charge in [0.05, 0.1) is 15.7 Å². The molecular weight excluding hydrogens is 361 g/mol. The lowest BCUT2D eigenvalue weighted by Crippen LogP contribution is -2.21. The van der Waals surface area contributed by atoms with Gasteiger partial charge in [-0.25, -0.2) is 4.79 Å². The number of halogens is 2. The summed E-state index contributed by atoms with van der Waals surface area (Å²) in [6.45, 7) is 3.69. The second-order valence-electron chi connectivity index (χ2n) is 5.33. The van der Waals surface area contributed by atoms with E-state index >= 15 is 0 Å². The zero-order chi connectivity index (χ0) is 18.0. The Kier molecular flexibility index (Phi) is 4.93. The average Bonchev–Trinajstić information content (AvgIpc) is 2.59. The van der Waals surface area contributed by atoms with Gasteiger partial charge < -0.3 is 9.73 Å². The lowest BCUT2D eigenvalue weighted by molar-refractivity contribution is 0.102. The van der Waals surface area contributed by atoms with Crippen LogP contribution in [0.1, 0.15) is 15.9 Å². The van der Waals surface area contributed by atoms with Crippen LogP contribution in [0, 0.1) is 0 Å². The summed E-state index contributed by atoms with van der Waals surface area (Å²) in [4.78, 5) is 24.7. The van der Waals surface area contributed by atoms with Crippen molar-refractivity contribution < 1.29 is 9.21 Å². The molecule has 1 amide bonds. The molecule has 0 aliphatic carbocycles. The molecule has 0 unspecified atom stereocenters. The Balaban J connectivity index is 2.02. The van der Waals surface area contributed by atoms with Crippen molar-refractivity contribution in [2.24, 2.45) is 0 Å². The first-order valence-electron chi connectivity index (χ1n) is 7.43. The third-order valence-corrected chi connectivity index (χ3v) is 4.47. The number of fused-ring (bicyclic) bond motifs is 1. The molecule has 3 aromatic rings.